The average molecular weight is 290 g/mol. The predicted octanol–water partition coefficient (Wildman–Crippen LogP) is 2.53. The first-order valence-corrected chi connectivity index (χ1v) is 7.65. The Kier molecular flexibility index (Phi) is 5.69. The number of thioether (sulfide) groups is 1. The second-order valence-electron chi connectivity index (χ2n) is 4.54. The summed E-state index contributed by atoms with van der Waals surface area (Å²) in [6, 6.07) is 0. The van der Waals surface area contributed by atoms with Gasteiger partial charge in [0.2, 0.25) is 0 Å². The summed E-state index contributed by atoms with van der Waals surface area (Å²) in [6.07, 6.45) is 2.70. The van der Waals surface area contributed by atoms with Crippen LogP contribution in [0.3, 0.4) is 0 Å². The molecule has 1 unspecified atom stereocenters. The van der Waals surface area contributed by atoms with Crippen LogP contribution in [0.1, 0.15) is 25.2 Å². The number of hydrogen-bond donors (Lipinski definition) is 2. The van der Waals surface area contributed by atoms with E-state index in [2.05, 4.69) is 15.3 Å². The van der Waals surface area contributed by atoms with Crippen molar-refractivity contribution in [3.8, 4) is 0 Å². The highest BCUT2D eigenvalue weighted by Gasteiger charge is 2.20. The molecule has 1 aromatic rings. The molecule has 2 N–H and O–H groups in total. The molecule has 0 aliphatic carbocycles. The van der Waals surface area contributed by atoms with Gasteiger partial charge >= 0.3 is 0 Å². The summed E-state index contributed by atoms with van der Waals surface area (Å²) < 4.78 is 0. The molecule has 4 nitrogen and oxygen atoms in total. The Morgan fingerprint density at radius 1 is 1.44 bits per heavy atom. The number of nitrogens with zero attached hydrogens (tertiary/aromatic N) is 2. The zero-order valence-electron chi connectivity index (χ0n) is 11.2. The van der Waals surface area contributed by atoms with E-state index < -0.39 is 5.60 Å². The van der Waals surface area contributed by atoms with Crippen LogP contribution in [0.2, 0.25) is 5.15 Å². The number of aliphatic hydroxyl groups is 1. The molecule has 0 radical (unpaired) electrons. The Balaban J connectivity index is 2.81. The zero-order valence-corrected chi connectivity index (χ0v) is 12.8. The molecule has 1 rings (SSSR count). The summed E-state index contributed by atoms with van der Waals surface area (Å²) in [4.78, 5) is 8.57. The van der Waals surface area contributed by atoms with E-state index in [4.69, 9.17) is 11.6 Å². The molecule has 0 aliphatic rings. The third-order valence-electron chi connectivity index (χ3n) is 2.54. The van der Waals surface area contributed by atoms with E-state index in [1.54, 1.807) is 18.7 Å². The molecule has 0 saturated heterocycles. The third kappa shape index (κ3) is 4.30. The molecular formula is C12H20ClN3OS. The van der Waals surface area contributed by atoms with Gasteiger partial charge in [0.15, 0.2) is 0 Å². The number of aromatic nitrogens is 2. The lowest BCUT2D eigenvalue weighted by Crippen LogP contribution is -2.36. The second-order valence-corrected chi connectivity index (χ2v) is 5.77. The summed E-state index contributed by atoms with van der Waals surface area (Å²) >= 11 is 7.66. The smallest absolute Gasteiger partial charge is 0.137 e. The molecule has 0 aliphatic heterocycles. The van der Waals surface area contributed by atoms with Crippen LogP contribution in [0.5, 0.6) is 0 Å². The van der Waals surface area contributed by atoms with Crippen molar-refractivity contribution in [2.75, 3.05) is 23.9 Å². The fourth-order valence-electron chi connectivity index (χ4n) is 1.50. The monoisotopic (exact) mass is 289 g/mol. The molecular weight excluding hydrogens is 270 g/mol. The Morgan fingerprint density at radius 2 is 2.11 bits per heavy atom. The van der Waals surface area contributed by atoms with Crippen molar-refractivity contribution in [3.05, 3.63) is 16.5 Å². The lowest BCUT2D eigenvalue weighted by atomic mass is 10.1. The maximum atomic E-state index is 10.1. The molecule has 0 amide bonds. The first-order valence-electron chi connectivity index (χ1n) is 5.88. The van der Waals surface area contributed by atoms with Gasteiger partial charge in [-0.05, 0) is 20.1 Å². The first kappa shape index (κ1) is 15.5. The van der Waals surface area contributed by atoms with Crippen molar-refractivity contribution < 1.29 is 5.11 Å². The molecule has 1 atom stereocenters. The van der Waals surface area contributed by atoms with Gasteiger partial charge in [-0.15, -0.1) is 0 Å². The maximum Gasteiger partial charge on any atom is 0.137 e. The largest absolute Gasteiger partial charge is 0.387 e. The zero-order chi connectivity index (χ0) is 13.8. The Hall–Kier alpha value is -0.520. The second kappa shape index (κ2) is 6.59. The minimum atomic E-state index is -0.768. The molecule has 102 valence electrons. The SMILES string of the molecule is CCc1nc(Cl)c(C)c(NCC(C)(O)CSC)n1. The van der Waals surface area contributed by atoms with Crippen molar-refractivity contribution >= 4 is 29.2 Å². The van der Waals surface area contributed by atoms with E-state index >= 15 is 0 Å². The third-order valence-corrected chi connectivity index (χ3v) is 3.82. The normalized spacial score (nSPS) is 14.3. The highest BCUT2D eigenvalue weighted by Crippen LogP contribution is 2.21. The fourth-order valence-corrected chi connectivity index (χ4v) is 2.41. The molecule has 0 bridgehead atoms. The van der Waals surface area contributed by atoms with Crippen LogP contribution in [0.15, 0.2) is 0 Å². The van der Waals surface area contributed by atoms with Crippen LogP contribution >= 0.6 is 23.4 Å². The van der Waals surface area contributed by atoms with Crippen LogP contribution in [0.4, 0.5) is 5.82 Å². The number of rotatable bonds is 6. The first-order chi connectivity index (χ1) is 8.39. The molecule has 6 heteroatoms. The van der Waals surface area contributed by atoms with Crippen LogP contribution in [0.25, 0.3) is 0 Å². The Labute approximate surface area is 118 Å². The predicted molar refractivity (Wildman–Crippen MR) is 78.7 cm³/mol. The van der Waals surface area contributed by atoms with Crippen LogP contribution in [-0.4, -0.2) is 39.2 Å². The Morgan fingerprint density at radius 3 is 2.67 bits per heavy atom. The number of aryl methyl sites for hydroxylation is 1. The quantitative estimate of drug-likeness (QED) is 0.788. The number of nitrogens with one attached hydrogen (secondary N) is 1. The van der Waals surface area contributed by atoms with Crippen LogP contribution in [0, 0.1) is 6.92 Å². The molecule has 1 aromatic heterocycles. The van der Waals surface area contributed by atoms with E-state index in [9.17, 15) is 5.11 Å². The molecule has 0 saturated carbocycles. The summed E-state index contributed by atoms with van der Waals surface area (Å²) in [5.41, 5.74) is 0.0455. The summed E-state index contributed by atoms with van der Waals surface area (Å²) in [7, 11) is 0. The van der Waals surface area contributed by atoms with Crippen molar-refractivity contribution in [1.82, 2.24) is 9.97 Å². The lowest BCUT2D eigenvalue weighted by molar-refractivity contribution is 0.0996. The molecule has 0 fully saturated rings. The van der Waals surface area contributed by atoms with Gasteiger partial charge in [-0.2, -0.15) is 11.8 Å². The highest BCUT2D eigenvalue weighted by molar-refractivity contribution is 7.98. The minimum Gasteiger partial charge on any atom is -0.387 e. The van der Waals surface area contributed by atoms with Gasteiger partial charge < -0.3 is 10.4 Å². The standard InChI is InChI=1S/C12H20ClN3OS/c1-5-9-15-10(13)8(2)11(16-9)14-6-12(3,17)7-18-4/h17H,5-7H2,1-4H3,(H,14,15,16). The lowest BCUT2D eigenvalue weighted by Gasteiger charge is -2.23. The molecule has 0 spiro atoms. The van der Waals surface area contributed by atoms with Crippen molar-refractivity contribution in [2.24, 2.45) is 0 Å². The molecule has 0 aromatic carbocycles. The maximum absolute atomic E-state index is 10.1. The van der Waals surface area contributed by atoms with Crippen LogP contribution in [-0.2, 0) is 6.42 Å². The highest BCUT2D eigenvalue weighted by atomic mass is 35.5. The van der Waals surface area contributed by atoms with Gasteiger partial charge in [0.25, 0.3) is 0 Å². The van der Waals surface area contributed by atoms with E-state index in [-0.39, 0.29) is 0 Å². The number of hydrogen-bond acceptors (Lipinski definition) is 5. The van der Waals surface area contributed by atoms with Gasteiger partial charge in [0, 0.05) is 24.3 Å². The molecule has 1 heterocycles. The van der Waals surface area contributed by atoms with E-state index in [0.29, 0.717) is 29.1 Å². The summed E-state index contributed by atoms with van der Waals surface area (Å²) in [5, 5.41) is 13.7. The van der Waals surface area contributed by atoms with Gasteiger partial charge in [-0.25, -0.2) is 9.97 Å². The van der Waals surface area contributed by atoms with Gasteiger partial charge in [0.05, 0.1) is 5.60 Å². The van der Waals surface area contributed by atoms with E-state index in [1.165, 1.54) is 0 Å². The summed E-state index contributed by atoms with van der Waals surface area (Å²) in [5.74, 6) is 2.07. The average Bonchev–Trinajstić information content (AvgIpc) is 2.30. The van der Waals surface area contributed by atoms with E-state index in [0.717, 1.165) is 12.0 Å². The fraction of sp³-hybridized carbons (Fsp3) is 0.667. The molecule has 18 heavy (non-hydrogen) atoms. The van der Waals surface area contributed by atoms with Crippen molar-refractivity contribution in [3.63, 3.8) is 0 Å². The Bertz CT molecular complexity index is 413. The van der Waals surface area contributed by atoms with Gasteiger partial charge in [-0.3, -0.25) is 0 Å². The van der Waals surface area contributed by atoms with Crippen molar-refractivity contribution in [1.29, 1.82) is 0 Å². The van der Waals surface area contributed by atoms with Gasteiger partial charge in [0.1, 0.15) is 16.8 Å². The minimum absolute atomic E-state index is 0.436. The summed E-state index contributed by atoms with van der Waals surface area (Å²) in [6.45, 7) is 6.09. The van der Waals surface area contributed by atoms with Gasteiger partial charge in [-0.1, -0.05) is 18.5 Å². The van der Waals surface area contributed by atoms with Crippen LogP contribution < -0.4 is 5.32 Å². The topological polar surface area (TPSA) is 58.0 Å². The van der Waals surface area contributed by atoms with E-state index in [1.807, 2.05) is 20.1 Å². The van der Waals surface area contributed by atoms with Crippen molar-refractivity contribution in [2.45, 2.75) is 32.8 Å². The number of anilines is 1. The number of halogens is 1.